The minimum absolute atomic E-state index is 0.156. The molecule has 16 heteroatoms. The highest BCUT2D eigenvalue weighted by molar-refractivity contribution is 7.89. The molecule has 0 bridgehead atoms. The van der Waals surface area contributed by atoms with Crippen molar-refractivity contribution in [2.45, 2.75) is 73.8 Å². The molecule has 0 aromatic carbocycles. The minimum Gasteiger partial charge on any atom is -0.480 e. The molecule has 3 aliphatic rings. The van der Waals surface area contributed by atoms with E-state index in [1.165, 1.54) is 11.8 Å². The second-order valence-electron chi connectivity index (χ2n) is 10.2. The lowest BCUT2D eigenvalue weighted by Crippen LogP contribution is -2.50. The molecule has 2 fully saturated rings. The van der Waals surface area contributed by atoms with E-state index in [4.69, 9.17) is 17.0 Å². The number of fused-ring (bicyclic) bond motifs is 1. The zero-order chi connectivity index (χ0) is 28.3. The number of sulfonamides is 1. The Morgan fingerprint density at radius 1 is 1.26 bits per heavy atom. The van der Waals surface area contributed by atoms with Crippen LogP contribution in [0.4, 0.5) is 23.4 Å². The maximum atomic E-state index is 13.5. The van der Waals surface area contributed by atoms with Crippen LogP contribution in [0.3, 0.4) is 0 Å². The Morgan fingerprint density at radius 3 is 2.54 bits per heavy atom. The third-order valence-electron chi connectivity index (χ3n) is 7.15. The summed E-state index contributed by atoms with van der Waals surface area (Å²) in [6.07, 6.45) is -0.943. The molecule has 2 aromatic heterocycles. The second-order valence-corrected chi connectivity index (χ2v) is 13.5. The van der Waals surface area contributed by atoms with Gasteiger partial charge in [0.05, 0.1) is 17.9 Å². The number of hydrogen-bond acceptors (Lipinski definition) is 7. The summed E-state index contributed by atoms with van der Waals surface area (Å²) in [6, 6.07) is 0.432. The van der Waals surface area contributed by atoms with E-state index in [9.17, 15) is 30.8 Å². The van der Waals surface area contributed by atoms with Crippen molar-refractivity contribution in [1.82, 2.24) is 19.8 Å². The number of rotatable bonds is 9. The molecule has 0 saturated heterocycles. The first-order valence-corrected chi connectivity index (χ1v) is 15.0. The lowest BCUT2D eigenvalue weighted by molar-refractivity contribution is -0.121. The maximum Gasteiger partial charge on any atom is 0.258 e. The van der Waals surface area contributed by atoms with Crippen LogP contribution < -0.4 is 20.1 Å². The van der Waals surface area contributed by atoms with E-state index in [0.717, 1.165) is 16.2 Å². The van der Waals surface area contributed by atoms with Gasteiger partial charge in [-0.2, -0.15) is 0 Å². The van der Waals surface area contributed by atoms with Crippen molar-refractivity contribution in [3.05, 3.63) is 21.4 Å². The maximum absolute atomic E-state index is 13.5. The van der Waals surface area contributed by atoms with Crippen LogP contribution in [-0.2, 0) is 41.1 Å². The molecular formula is C23H27F4N5O4S3. The minimum atomic E-state index is -4.30. The first kappa shape index (κ1) is 28.2. The summed E-state index contributed by atoms with van der Waals surface area (Å²) in [6.45, 7) is 0. The predicted octanol–water partition coefficient (Wildman–Crippen LogP) is 3.18. The smallest absolute Gasteiger partial charge is 0.258 e. The Bertz CT molecular complexity index is 1420. The summed E-state index contributed by atoms with van der Waals surface area (Å²) in [5.41, 5.74) is 0.456. The number of ketones is 1. The van der Waals surface area contributed by atoms with Crippen molar-refractivity contribution < 1.29 is 35.5 Å². The van der Waals surface area contributed by atoms with E-state index in [1.54, 1.807) is 13.1 Å². The number of nitrogens with one attached hydrogen (secondary N) is 3. The highest BCUT2D eigenvalue weighted by Crippen LogP contribution is 2.50. The molecule has 0 radical (unpaired) electrons. The van der Waals surface area contributed by atoms with Crippen LogP contribution >= 0.6 is 23.6 Å². The van der Waals surface area contributed by atoms with Gasteiger partial charge in [0.25, 0.3) is 11.8 Å². The van der Waals surface area contributed by atoms with Crippen molar-refractivity contribution in [1.29, 1.82) is 0 Å². The van der Waals surface area contributed by atoms with E-state index in [1.807, 2.05) is 0 Å². The number of aromatic nitrogens is 2. The molecule has 9 nitrogen and oxygen atoms in total. The molecule has 2 aromatic rings. The first-order chi connectivity index (χ1) is 18.2. The molecule has 0 aliphatic heterocycles. The van der Waals surface area contributed by atoms with Gasteiger partial charge in [-0.15, -0.1) is 16.4 Å². The van der Waals surface area contributed by atoms with Gasteiger partial charge in [-0.05, 0) is 37.0 Å². The van der Waals surface area contributed by atoms with E-state index >= 15 is 0 Å². The number of halogens is 4. The molecule has 3 N–H and O–H groups in total. The van der Waals surface area contributed by atoms with E-state index in [2.05, 4.69) is 20.5 Å². The molecule has 3 aliphatic carbocycles. The first-order valence-electron chi connectivity index (χ1n) is 12.3. The zero-order valence-corrected chi connectivity index (χ0v) is 23.5. The Morgan fingerprint density at radius 2 is 1.95 bits per heavy atom. The number of methoxy groups -OCH3 is 1. The van der Waals surface area contributed by atoms with Crippen LogP contribution in [0.15, 0.2) is 11.0 Å². The van der Waals surface area contributed by atoms with Crippen molar-refractivity contribution in [2.75, 3.05) is 12.4 Å². The average Bonchev–Trinajstić information content (AvgIpc) is 3.12. The monoisotopic (exact) mass is 609 g/mol. The lowest BCUT2D eigenvalue weighted by Gasteiger charge is -2.35. The third-order valence-corrected chi connectivity index (χ3v) is 10.5. The summed E-state index contributed by atoms with van der Waals surface area (Å²) in [4.78, 5) is 13.3. The van der Waals surface area contributed by atoms with Gasteiger partial charge < -0.3 is 15.4 Å². The number of carbonyl (C=O) groups excluding carboxylic acids is 1. The number of thiophene rings is 1. The summed E-state index contributed by atoms with van der Waals surface area (Å²) >= 11 is 6.54. The summed E-state index contributed by atoms with van der Waals surface area (Å²) in [5.74, 6) is -7.20. The fourth-order valence-corrected chi connectivity index (χ4v) is 8.70. The van der Waals surface area contributed by atoms with Crippen LogP contribution in [-0.4, -0.2) is 60.1 Å². The largest absolute Gasteiger partial charge is 0.480 e. The molecule has 2 saturated carbocycles. The van der Waals surface area contributed by atoms with Gasteiger partial charge >= 0.3 is 0 Å². The number of carbonyl (C=O) groups is 1. The summed E-state index contributed by atoms with van der Waals surface area (Å²) in [5, 5.41) is 10.6. The normalized spacial score (nSPS) is 23.4. The molecule has 1 unspecified atom stereocenters. The van der Waals surface area contributed by atoms with E-state index in [0.29, 0.717) is 30.1 Å². The van der Waals surface area contributed by atoms with Crippen LogP contribution in [0.25, 0.3) is 0 Å². The lowest BCUT2D eigenvalue weighted by atomic mass is 9.89. The van der Waals surface area contributed by atoms with Gasteiger partial charge in [0.15, 0.2) is 5.11 Å². The summed E-state index contributed by atoms with van der Waals surface area (Å²) < 4.78 is 89.7. The standard InChI is InChI=1S/C23H27F4N5O4S3/c1-32-18(7-19(30-32)36-2)29-21(37)28-11-3-4-16-13(5-11)20(39(34,35)31-12-8-22(24,25)9-12)17(38-16)6-15(33)14-10-23(14,26)27/h7,11-12,14,31H,3-6,8-10H2,1-2H3,(H2,28,29,37)/t11-,14?/m0/s1. The third kappa shape index (κ3) is 5.93. The van der Waals surface area contributed by atoms with Crippen LogP contribution in [0.5, 0.6) is 5.88 Å². The van der Waals surface area contributed by atoms with Gasteiger partial charge in [-0.3, -0.25) is 4.79 Å². The van der Waals surface area contributed by atoms with Gasteiger partial charge in [0, 0.05) is 60.6 Å². The quantitative estimate of drug-likeness (QED) is 0.294. The number of anilines is 1. The Kier molecular flexibility index (Phi) is 7.21. The van der Waals surface area contributed by atoms with Crippen molar-refractivity contribution >= 4 is 50.3 Å². The Labute approximate surface area is 231 Å². The molecule has 2 atom stereocenters. The number of thiocarbonyl (C=S) groups is 1. The number of Topliss-reactive ketones (excluding diaryl/α,β-unsaturated/α-hetero) is 1. The molecular weight excluding hydrogens is 582 g/mol. The average molecular weight is 610 g/mol. The highest BCUT2D eigenvalue weighted by atomic mass is 32.2. The fraction of sp³-hybridized carbons (Fsp3) is 0.609. The topological polar surface area (TPSA) is 114 Å². The number of nitrogens with zero attached hydrogens (tertiary/aromatic N) is 2. The molecule has 5 rings (SSSR count). The number of ether oxygens (including phenoxy) is 1. The predicted molar refractivity (Wildman–Crippen MR) is 139 cm³/mol. The number of aryl methyl sites for hydroxylation is 2. The van der Waals surface area contributed by atoms with Crippen LogP contribution in [0.1, 0.15) is 41.0 Å². The SMILES string of the molecule is COc1cc(NC(=S)N[C@H]2CCc3sc(CC(=O)C4CC4(F)F)c(S(=O)(=O)NC4CC(F)(F)C4)c3C2)n(C)n1. The van der Waals surface area contributed by atoms with Gasteiger partial charge in [0.1, 0.15) is 11.6 Å². The van der Waals surface area contributed by atoms with Gasteiger partial charge in [-0.1, -0.05) is 0 Å². The van der Waals surface area contributed by atoms with Gasteiger partial charge in [0.2, 0.25) is 15.9 Å². The van der Waals surface area contributed by atoms with Crippen LogP contribution in [0, 0.1) is 5.92 Å². The van der Waals surface area contributed by atoms with Crippen molar-refractivity contribution in [3.63, 3.8) is 0 Å². The second kappa shape index (κ2) is 9.96. The van der Waals surface area contributed by atoms with Gasteiger partial charge in [-0.25, -0.2) is 35.4 Å². The molecule has 0 amide bonds. The Balaban J connectivity index is 1.36. The molecule has 0 spiro atoms. The molecule has 214 valence electrons. The summed E-state index contributed by atoms with van der Waals surface area (Å²) in [7, 11) is -1.11. The fourth-order valence-electron chi connectivity index (χ4n) is 5.03. The number of alkyl halides is 4. The highest BCUT2D eigenvalue weighted by Gasteiger charge is 2.60. The van der Waals surface area contributed by atoms with E-state index in [-0.39, 0.29) is 27.3 Å². The molecule has 39 heavy (non-hydrogen) atoms. The number of hydrogen-bond donors (Lipinski definition) is 3. The van der Waals surface area contributed by atoms with Crippen molar-refractivity contribution in [2.24, 2.45) is 13.0 Å². The molecule has 2 heterocycles. The zero-order valence-electron chi connectivity index (χ0n) is 21.0. The Hall–Kier alpha value is -2.30. The van der Waals surface area contributed by atoms with E-state index < -0.39 is 65.3 Å². The van der Waals surface area contributed by atoms with Crippen molar-refractivity contribution in [3.8, 4) is 5.88 Å². The van der Waals surface area contributed by atoms with Crippen LogP contribution in [0.2, 0.25) is 0 Å².